The van der Waals surface area contributed by atoms with E-state index in [0.717, 1.165) is 61.5 Å². The average molecular weight is 425 g/mol. The molecule has 1 aliphatic rings. The van der Waals surface area contributed by atoms with Gasteiger partial charge in [-0.2, -0.15) is 5.10 Å². The van der Waals surface area contributed by atoms with Crippen LogP contribution in [0.3, 0.4) is 0 Å². The highest BCUT2D eigenvalue weighted by Gasteiger charge is 2.26. The molecule has 7 heteroatoms. The van der Waals surface area contributed by atoms with Crippen molar-refractivity contribution in [1.29, 1.82) is 0 Å². The fraction of sp³-hybridized carbons (Fsp3) is 0.524. The van der Waals surface area contributed by atoms with Gasteiger partial charge in [-0.1, -0.05) is 18.5 Å². The van der Waals surface area contributed by atoms with Crippen molar-refractivity contribution in [1.82, 2.24) is 20.0 Å². The number of aromatic nitrogens is 2. The summed E-state index contributed by atoms with van der Waals surface area (Å²) in [4.78, 5) is 15.2. The monoisotopic (exact) mass is 424 g/mol. The average Bonchev–Trinajstić information content (AvgIpc) is 2.95. The molecule has 0 radical (unpaired) electrons. The molecule has 1 aliphatic heterocycles. The van der Waals surface area contributed by atoms with Gasteiger partial charge in [-0.05, 0) is 70.5 Å². The molecule has 0 spiro atoms. The SMILES string of the molecule is CCCN(C(=O)Cc1c(C)nn(-c2ccc(Cl)cc2)c1C)C1CCNCC1.Cl. The van der Waals surface area contributed by atoms with Crippen LogP contribution in [0, 0.1) is 13.8 Å². The second kappa shape index (κ2) is 10.3. The molecule has 3 rings (SSSR count). The number of nitrogens with zero attached hydrogens (tertiary/aromatic N) is 3. The molecule has 0 aliphatic carbocycles. The van der Waals surface area contributed by atoms with E-state index in [4.69, 9.17) is 11.6 Å². The molecule has 1 saturated heterocycles. The van der Waals surface area contributed by atoms with Crippen LogP contribution >= 0.6 is 24.0 Å². The molecule has 0 bridgehead atoms. The summed E-state index contributed by atoms with van der Waals surface area (Å²) in [7, 11) is 0. The van der Waals surface area contributed by atoms with Crippen LogP contribution in [0.25, 0.3) is 5.69 Å². The molecular weight excluding hydrogens is 395 g/mol. The Morgan fingerprint density at radius 3 is 2.50 bits per heavy atom. The van der Waals surface area contributed by atoms with Gasteiger partial charge in [0.2, 0.25) is 5.91 Å². The van der Waals surface area contributed by atoms with E-state index in [-0.39, 0.29) is 18.3 Å². The van der Waals surface area contributed by atoms with E-state index in [9.17, 15) is 4.79 Å². The normalized spacial score (nSPS) is 14.6. The molecule has 2 aromatic rings. The second-order valence-electron chi connectivity index (χ2n) is 7.28. The molecule has 28 heavy (non-hydrogen) atoms. The number of halogens is 2. The first kappa shape index (κ1) is 22.7. The van der Waals surface area contributed by atoms with Crippen molar-refractivity contribution in [2.75, 3.05) is 19.6 Å². The molecule has 1 aromatic heterocycles. The minimum Gasteiger partial charge on any atom is -0.339 e. The Bertz CT molecular complexity index is 782. The van der Waals surface area contributed by atoms with E-state index < -0.39 is 0 Å². The molecule has 1 aromatic carbocycles. The summed E-state index contributed by atoms with van der Waals surface area (Å²) in [5.74, 6) is 0.214. The molecular formula is C21H30Cl2N4O. The van der Waals surface area contributed by atoms with Gasteiger partial charge in [0.15, 0.2) is 0 Å². The highest BCUT2D eigenvalue weighted by atomic mass is 35.5. The van der Waals surface area contributed by atoms with Gasteiger partial charge in [0.25, 0.3) is 0 Å². The summed E-state index contributed by atoms with van der Waals surface area (Å²) >= 11 is 6.00. The minimum absolute atomic E-state index is 0. The molecule has 1 fully saturated rings. The number of amides is 1. The lowest BCUT2D eigenvalue weighted by atomic mass is 10.0. The second-order valence-corrected chi connectivity index (χ2v) is 7.72. The fourth-order valence-electron chi connectivity index (χ4n) is 3.89. The van der Waals surface area contributed by atoms with Crippen LogP contribution in [-0.4, -0.2) is 46.3 Å². The third-order valence-electron chi connectivity index (χ3n) is 5.37. The predicted octanol–water partition coefficient (Wildman–Crippen LogP) is 4.10. The van der Waals surface area contributed by atoms with E-state index in [1.807, 2.05) is 42.8 Å². The van der Waals surface area contributed by atoms with E-state index in [2.05, 4.69) is 22.2 Å². The fourth-order valence-corrected chi connectivity index (χ4v) is 4.01. The van der Waals surface area contributed by atoms with Gasteiger partial charge in [0, 0.05) is 28.9 Å². The maximum absolute atomic E-state index is 13.1. The van der Waals surface area contributed by atoms with Crippen LogP contribution in [0.5, 0.6) is 0 Å². The summed E-state index contributed by atoms with van der Waals surface area (Å²) in [5, 5.41) is 8.76. The third kappa shape index (κ3) is 5.07. The zero-order chi connectivity index (χ0) is 19.4. The highest BCUT2D eigenvalue weighted by Crippen LogP contribution is 2.22. The largest absolute Gasteiger partial charge is 0.339 e. The van der Waals surface area contributed by atoms with Crippen LogP contribution in [-0.2, 0) is 11.2 Å². The topological polar surface area (TPSA) is 50.2 Å². The number of nitrogens with one attached hydrogen (secondary N) is 1. The molecule has 5 nitrogen and oxygen atoms in total. The van der Waals surface area contributed by atoms with Crippen LogP contribution < -0.4 is 5.32 Å². The Hall–Kier alpha value is -1.56. The quantitative estimate of drug-likeness (QED) is 0.758. The van der Waals surface area contributed by atoms with Crippen molar-refractivity contribution in [2.45, 2.75) is 52.5 Å². The lowest BCUT2D eigenvalue weighted by molar-refractivity contribution is -0.133. The number of carbonyl (C=O) groups is 1. The number of rotatable bonds is 6. The Kier molecular flexibility index (Phi) is 8.35. The number of piperidine rings is 1. The standard InChI is InChI=1S/C21H29ClN4O.ClH/c1-4-13-25(18-9-11-23-12-10-18)21(27)14-20-15(2)24-26(16(20)3)19-7-5-17(22)6-8-19;/h5-8,18,23H,4,9-14H2,1-3H3;1H. The molecule has 2 heterocycles. The summed E-state index contributed by atoms with van der Waals surface area (Å²) in [6.45, 7) is 8.96. The van der Waals surface area contributed by atoms with Crippen molar-refractivity contribution >= 4 is 29.9 Å². The Balaban J connectivity index is 0.00000280. The summed E-state index contributed by atoms with van der Waals surface area (Å²) in [6.07, 6.45) is 3.47. The lowest BCUT2D eigenvalue weighted by Crippen LogP contribution is -2.47. The van der Waals surface area contributed by atoms with Crippen molar-refractivity contribution in [3.63, 3.8) is 0 Å². The van der Waals surface area contributed by atoms with Crippen molar-refractivity contribution in [2.24, 2.45) is 0 Å². The maximum atomic E-state index is 13.1. The molecule has 154 valence electrons. The molecule has 1 amide bonds. The lowest BCUT2D eigenvalue weighted by Gasteiger charge is -2.34. The van der Waals surface area contributed by atoms with Crippen LogP contribution in [0.4, 0.5) is 0 Å². The molecule has 0 saturated carbocycles. The van der Waals surface area contributed by atoms with Gasteiger partial charge < -0.3 is 10.2 Å². The van der Waals surface area contributed by atoms with Gasteiger partial charge in [0.05, 0.1) is 17.8 Å². The van der Waals surface area contributed by atoms with Crippen molar-refractivity contribution < 1.29 is 4.79 Å². The summed E-state index contributed by atoms with van der Waals surface area (Å²) in [5.41, 5.74) is 3.93. The zero-order valence-electron chi connectivity index (χ0n) is 16.9. The van der Waals surface area contributed by atoms with Gasteiger partial charge >= 0.3 is 0 Å². The summed E-state index contributed by atoms with van der Waals surface area (Å²) in [6, 6.07) is 7.97. The first-order chi connectivity index (χ1) is 13.0. The minimum atomic E-state index is 0. The van der Waals surface area contributed by atoms with Crippen LogP contribution in [0.1, 0.15) is 43.1 Å². The van der Waals surface area contributed by atoms with Crippen molar-refractivity contribution in [3.05, 3.63) is 46.2 Å². The van der Waals surface area contributed by atoms with E-state index in [1.165, 1.54) is 0 Å². The Morgan fingerprint density at radius 2 is 1.89 bits per heavy atom. The highest BCUT2D eigenvalue weighted by molar-refractivity contribution is 6.30. The Labute approximate surface area is 178 Å². The number of hydrogen-bond acceptors (Lipinski definition) is 3. The Morgan fingerprint density at radius 1 is 1.25 bits per heavy atom. The van der Waals surface area contributed by atoms with Gasteiger partial charge in [-0.3, -0.25) is 4.79 Å². The molecule has 0 atom stereocenters. The first-order valence-corrected chi connectivity index (χ1v) is 10.2. The zero-order valence-corrected chi connectivity index (χ0v) is 18.4. The predicted molar refractivity (Wildman–Crippen MR) is 117 cm³/mol. The number of aryl methyl sites for hydroxylation is 1. The third-order valence-corrected chi connectivity index (χ3v) is 5.63. The number of carbonyl (C=O) groups excluding carboxylic acids is 1. The first-order valence-electron chi connectivity index (χ1n) is 9.82. The number of benzene rings is 1. The van der Waals surface area contributed by atoms with E-state index in [1.54, 1.807) is 0 Å². The van der Waals surface area contributed by atoms with Gasteiger partial charge in [-0.15, -0.1) is 12.4 Å². The molecule has 1 N–H and O–H groups in total. The molecule has 0 unspecified atom stereocenters. The van der Waals surface area contributed by atoms with Gasteiger partial charge in [-0.25, -0.2) is 4.68 Å². The maximum Gasteiger partial charge on any atom is 0.227 e. The van der Waals surface area contributed by atoms with Crippen LogP contribution in [0.2, 0.25) is 5.02 Å². The number of hydrogen-bond donors (Lipinski definition) is 1. The van der Waals surface area contributed by atoms with Crippen LogP contribution in [0.15, 0.2) is 24.3 Å². The van der Waals surface area contributed by atoms with E-state index in [0.29, 0.717) is 17.5 Å². The van der Waals surface area contributed by atoms with E-state index >= 15 is 0 Å². The van der Waals surface area contributed by atoms with Gasteiger partial charge in [0.1, 0.15) is 0 Å². The van der Waals surface area contributed by atoms with Crippen molar-refractivity contribution in [3.8, 4) is 5.69 Å². The summed E-state index contributed by atoms with van der Waals surface area (Å²) < 4.78 is 1.91. The smallest absolute Gasteiger partial charge is 0.227 e.